The molecule has 1 amide bonds. The lowest BCUT2D eigenvalue weighted by Crippen LogP contribution is -2.55. The third-order valence-corrected chi connectivity index (χ3v) is 4.06. The van der Waals surface area contributed by atoms with E-state index in [9.17, 15) is 19.7 Å². The van der Waals surface area contributed by atoms with E-state index in [1.54, 1.807) is 7.05 Å². The molecule has 130 valence electrons. The van der Waals surface area contributed by atoms with Crippen molar-refractivity contribution in [2.24, 2.45) is 5.92 Å². The van der Waals surface area contributed by atoms with Crippen molar-refractivity contribution in [1.29, 1.82) is 0 Å². The second-order valence-corrected chi connectivity index (χ2v) is 6.36. The molecule has 2 N–H and O–H groups in total. The summed E-state index contributed by atoms with van der Waals surface area (Å²) in [6, 6.07) is 3.44. The number of hydrogen-bond donors (Lipinski definition) is 1. The third kappa shape index (κ3) is 3.64. The number of nitro groups is 1. The van der Waals surface area contributed by atoms with Gasteiger partial charge in [-0.05, 0) is 17.9 Å². The summed E-state index contributed by atoms with van der Waals surface area (Å²) in [6.07, 6.45) is -0.338. The molecule has 2 unspecified atom stereocenters. The Morgan fingerprint density at radius 1 is 1.38 bits per heavy atom. The first-order chi connectivity index (χ1) is 11.2. The molecule has 1 heterocycles. The monoisotopic (exact) mass is 335 g/mol. The molecule has 0 radical (unpaired) electrons. The molecule has 1 aliphatic heterocycles. The first-order valence-electron chi connectivity index (χ1n) is 7.70. The summed E-state index contributed by atoms with van der Waals surface area (Å²) in [5.74, 6) is -0.478. The van der Waals surface area contributed by atoms with E-state index < -0.39 is 23.0 Å². The van der Waals surface area contributed by atoms with Crippen molar-refractivity contribution in [3.8, 4) is 0 Å². The Balaban J connectivity index is 2.15. The molecule has 24 heavy (non-hydrogen) atoms. The van der Waals surface area contributed by atoms with Crippen LogP contribution < -0.4 is 5.73 Å². The number of morpholine rings is 1. The second kappa shape index (κ2) is 6.86. The number of anilines is 1. The number of cyclic esters (lactones) is 1. The molecule has 1 aromatic rings. The second-order valence-electron chi connectivity index (χ2n) is 6.36. The number of nitro benzene ring substituents is 1. The van der Waals surface area contributed by atoms with Crippen molar-refractivity contribution in [3.63, 3.8) is 0 Å². The zero-order chi connectivity index (χ0) is 18.0. The molecule has 0 saturated carbocycles. The van der Waals surface area contributed by atoms with Crippen LogP contribution in [-0.2, 0) is 20.7 Å². The summed E-state index contributed by atoms with van der Waals surface area (Å²) in [5.41, 5.74) is 6.41. The van der Waals surface area contributed by atoms with Crippen LogP contribution in [0.2, 0.25) is 0 Å². The van der Waals surface area contributed by atoms with Crippen LogP contribution in [0.25, 0.3) is 0 Å². The molecule has 1 aliphatic rings. The van der Waals surface area contributed by atoms with Crippen molar-refractivity contribution in [2.45, 2.75) is 38.8 Å². The van der Waals surface area contributed by atoms with Crippen molar-refractivity contribution >= 4 is 23.3 Å². The van der Waals surface area contributed by atoms with E-state index in [2.05, 4.69) is 0 Å². The van der Waals surface area contributed by atoms with Crippen LogP contribution in [0.3, 0.4) is 0 Å². The molecule has 1 saturated heterocycles. The summed E-state index contributed by atoms with van der Waals surface area (Å²) in [7, 11) is 1.59. The summed E-state index contributed by atoms with van der Waals surface area (Å²) in [6.45, 7) is 3.94. The van der Waals surface area contributed by atoms with E-state index >= 15 is 0 Å². The average Bonchev–Trinajstić information content (AvgIpc) is 2.50. The number of nitrogen functional groups attached to an aromatic ring is 1. The molecule has 0 aromatic heterocycles. The van der Waals surface area contributed by atoms with E-state index in [1.165, 1.54) is 23.1 Å². The van der Waals surface area contributed by atoms with Crippen molar-refractivity contribution in [2.75, 3.05) is 12.8 Å². The number of rotatable bonds is 5. The van der Waals surface area contributed by atoms with Crippen LogP contribution in [0.4, 0.5) is 11.4 Å². The number of non-ortho nitro benzene ring substituents is 1. The molecule has 1 fully saturated rings. The normalized spacial score (nSPS) is 21.1. The van der Waals surface area contributed by atoms with Gasteiger partial charge < -0.3 is 15.4 Å². The number of ether oxygens (including phenoxy) is 1. The predicted molar refractivity (Wildman–Crippen MR) is 87.1 cm³/mol. The van der Waals surface area contributed by atoms with E-state index in [0.29, 0.717) is 12.0 Å². The highest BCUT2D eigenvalue weighted by Crippen LogP contribution is 2.25. The van der Waals surface area contributed by atoms with Gasteiger partial charge in [0.15, 0.2) is 6.10 Å². The SMILES string of the molecule is CC(C)CC1C(=O)OC(Cc2ccc([N+](=O)[O-])cc2N)C(=O)N1C. The summed E-state index contributed by atoms with van der Waals surface area (Å²) in [4.78, 5) is 36.2. The number of carbonyl (C=O) groups excluding carboxylic acids is 2. The highest BCUT2D eigenvalue weighted by atomic mass is 16.6. The molecule has 2 atom stereocenters. The van der Waals surface area contributed by atoms with E-state index in [4.69, 9.17) is 10.5 Å². The molecule has 0 bridgehead atoms. The summed E-state index contributed by atoms with van der Waals surface area (Å²) in [5, 5.41) is 10.7. The van der Waals surface area contributed by atoms with Gasteiger partial charge in [-0.2, -0.15) is 0 Å². The number of carbonyl (C=O) groups is 2. The lowest BCUT2D eigenvalue weighted by atomic mass is 9.98. The lowest BCUT2D eigenvalue weighted by Gasteiger charge is -2.36. The highest BCUT2D eigenvalue weighted by molar-refractivity contribution is 5.92. The summed E-state index contributed by atoms with van der Waals surface area (Å²) < 4.78 is 5.30. The minimum absolute atomic E-state index is 0.0904. The van der Waals surface area contributed by atoms with E-state index in [1.807, 2.05) is 13.8 Å². The Morgan fingerprint density at radius 2 is 2.04 bits per heavy atom. The van der Waals surface area contributed by atoms with Gasteiger partial charge in [-0.3, -0.25) is 14.9 Å². The van der Waals surface area contributed by atoms with Crippen LogP contribution >= 0.6 is 0 Å². The first-order valence-corrected chi connectivity index (χ1v) is 7.70. The molecule has 8 heteroatoms. The summed E-state index contributed by atoms with van der Waals surface area (Å²) >= 11 is 0. The largest absolute Gasteiger partial charge is 0.450 e. The standard InChI is InChI=1S/C16H21N3O5/c1-9(2)6-13-16(21)24-14(15(20)18(13)3)7-10-4-5-11(19(22)23)8-12(10)17/h4-5,8-9,13-14H,6-7,17H2,1-3H3. The van der Waals surface area contributed by atoms with Crippen molar-refractivity contribution in [1.82, 2.24) is 4.90 Å². The number of nitrogens with two attached hydrogens (primary N) is 1. The quantitative estimate of drug-likeness (QED) is 0.377. The Bertz CT molecular complexity index is 674. The number of nitrogens with zero attached hydrogens (tertiary/aromatic N) is 2. The van der Waals surface area contributed by atoms with Gasteiger partial charge in [0.1, 0.15) is 6.04 Å². The highest BCUT2D eigenvalue weighted by Gasteiger charge is 2.40. The predicted octanol–water partition coefficient (Wildman–Crippen LogP) is 1.52. The smallest absolute Gasteiger partial charge is 0.329 e. The Kier molecular flexibility index (Phi) is 5.06. The molecular weight excluding hydrogens is 314 g/mol. The maximum Gasteiger partial charge on any atom is 0.329 e. The maximum atomic E-state index is 12.5. The topological polar surface area (TPSA) is 116 Å². The van der Waals surface area contributed by atoms with Gasteiger partial charge in [-0.25, -0.2) is 4.79 Å². The number of amides is 1. The molecular formula is C16H21N3O5. The number of likely N-dealkylation sites (N-methyl/N-ethyl adjacent to an activating group) is 1. The van der Waals surface area contributed by atoms with Gasteiger partial charge in [0.2, 0.25) is 0 Å². The van der Waals surface area contributed by atoms with Crippen LogP contribution in [0.5, 0.6) is 0 Å². The van der Waals surface area contributed by atoms with Crippen molar-refractivity contribution in [3.05, 3.63) is 33.9 Å². The van der Waals surface area contributed by atoms with Crippen LogP contribution in [0.1, 0.15) is 25.8 Å². The number of hydrogen-bond acceptors (Lipinski definition) is 6. The minimum Gasteiger partial charge on any atom is -0.450 e. The van der Waals surface area contributed by atoms with Gasteiger partial charge in [-0.1, -0.05) is 19.9 Å². The van der Waals surface area contributed by atoms with Gasteiger partial charge in [-0.15, -0.1) is 0 Å². The lowest BCUT2D eigenvalue weighted by molar-refractivity contribution is -0.384. The molecule has 2 rings (SSSR count). The van der Waals surface area contributed by atoms with E-state index in [-0.39, 0.29) is 29.6 Å². The minimum atomic E-state index is -0.963. The molecule has 1 aromatic carbocycles. The maximum absolute atomic E-state index is 12.5. The first kappa shape index (κ1) is 17.7. The van der Waals surface area contributed by atoms with Crippen LogP contribution in [-0.4, -0.2) is 40.9 Å². The van der Waals surface area contributed by atoms with Crippen LogP contribution in [0, 0.1) is 16.0 Å². The number of esters is 1. The molecule has 0 spiro atoms. The van der Waals surface area contributed by atoms with Gasteiger partial charge in [0.05, 0.1) is 4.92 Å². The fourth-order valence-electron chi connectivity index (χ4n) is 2.72. The average molecular weight is 335 g/mol. The Hall–Kier alpha value is -2.64. The van der Waals surface area contributed by atoms with Crippen molar-refractivity contribution < 1.29 is 19.2 Å². The zero-order valence-corrected chi connectivity index (χ0v) is 13.9. The van der Waals surface area contributed by atoms with Gasteiger partial charge in [0, 0.05) is 31.3 Å². The van der Waals surface area contributed by atoms with E-state index in [0.717, 1.165) is 0 Å². The fourth-order valence-corrected chi connectivity index (χ4v) is 2.72. The number of benzene rings is 1. The Morgan fingerprint density at radius 3 is 2.58 bits per heavy atom. The van der Waals surface area contributed by atoms with Gasteiger partial charge >= 0.3 is 5.97 Å². The van der Waals surface area contributed by atoms with Gasteiger partial charge in [0.25, 0.3) is 11.6 Å². The molecule has 0 aliphatic carbocycles. The molecule has 8 nitrogen and oxygen atoms in total. The van der Waals surface area contributed by atoms with Crippen LogP contribution in [0.15, 0.2) is 18.2 Å². The third-order valence-electron chi connectivity index (χ3n) is 4.06. The Labute approximate surface area is 139 Å². The zero-order valence-electron chi connectivity index (χ0n) is 13.9. The fraction of sp³-hybridized carbons (Fsp3) is 0.500.